The molecule has 0 aliphatic rings. The molecule has 8 heteroatoms. The third-order valence-corrected chi connectivity index (χ3v) is 3.49. The molecule has 0 atom stereocenters. The molecule has 3 rings (SSSR count). The quantitative estimate of drug-likeness (QED) is 0.759. The van der Waals surface area contributed by atoms with E-state index >= 15 is 0 Å². The number of anilines is 2. The first-order chi connectivity index (χ1) is 9.65. The van der Waals surface area contributed by atoms with Gasteiger partial charge in [0.2, 0.25) is 0 Å². The van der Waals surface area contributed by atoms with Gasteiger partial charge in [0, 0.05) is 11.9 Å². The van der Waals surface area contributed by atoms with Crippen LogP contribution in [0.3, 0.4) is 0 Å². The van der Waals surface area contributed by atoms with E-state index < -0.39 is 5.91 Å². The molecule has 0 spiro atoms. The number of amides is 1. The van der Waals surface area contributed by atoms with Crippen LogP contribution in [0.15, 0.2) is 30.5 Å². The van der Waals surface area contributed by atoms with Crippen LogP contribution < -0.4 is 11.1 Å². The molecule has 100 valence electrons. The summed E-state index contributed by atoms with van der Waals surface area (Å²) >= 11 is 7.16. The predicted octanol–water partition coefficient (Wildman–Crippen LogP) is 2.57. The number of pyridine rings is 1. The molecule has 2 aromatic heterocycles. The van der Waals surface area contributed by atoms with E-state index in [2.05, 4.69) is 19.0 Å². The van der Waals surface area contributed by atoms with Gasteiger partial charge in [-0.15, -0.1) is 0 Å². The molecule has 3 aromatic rings. The van der Waals surface area contributed by atoms with Crippen molar-refractivity contribution in [3.05, 3.63) is 41.2 Å². The zero-order valence-electron chi connectivity index (χ0n) is 10.0. The van der Waals surface area contributed by atoms with Crippen LogP contribution in [-0.4, -0.2) is 19.6 Å². The Hall–Kier alpha value is -2.25. The topological polar surface area (TPSA) is 93.8 Å². The van der Waals surface area contributed by atoms with E-state index in [4.69, 9.17) is 17.3 Å². The van der Waals surface area contributed by atoms with Crippen molar-refractivity contribution < 1.29 is 4.79 Å². The lowest BCUT2D eigenvalue weighted by atomic mass is 10.2. The number of rotatable bonds is 2. The number of fused-ring (bicyclic) bond motifs is 1. The summed E-state index contributed by atoms with van der Waals surface area (Å²) in [5, 5.41) is 3.09. The van der Waals surface area contributed by atoms with Gasteiger partial charge < -0.3 is 11.1 Å². The number of aromatic nitrogens is 3. The Kier molecular flexibility index (Phi) is 3.21. The van der Waals surface area contributed by atoms with Crippen molar-refractivity contribution in [3.63, 3.8) is 0 Å². The first-order valence-electron chi connectivity index (χ1n) is 5.59. The number of nitrogens with one attached hydrogen (secondary N) is 1. The van der Waals surface area contributed by atoms with E-state index in [1.165, 1.54) is 12.3 Å². The van der Waals surface area contributed by atoms with Gasteiger partial charge in [-0.25, -0.2) is 0 Å². The number of nitrogens with zero attached hydrogens (tertiary/aromatic N) is 3. The van der Waals surface area contributed by atoms with Crippen molar-refractivity contribution in [2.75, 3.05) is 11.1 Å². The fraction of sp³-hybridized carbons (Fsp3) is 0. The molecule has 0 unspecified atom stereocenters. The van der Waals surface area contributed by atoms with Crippen molar-refractivity contribution >= 4 is 51.6 Å². The third kappa shape index (κ3) is 2.28. The maximum atomic E-state index is 12.2. The second kappa shape index (κ2) is 5.03. The first-order valence-corrected chi connectivity index (χ1v) is 6.69. The van der Waals surface area contributed by atoms with Crippen LogP contribution in [0.25, 0.3) is 11.0 Å². The molecule has 0 aliphatic carbocycles. The highest BCUT2D eigenvalue weighted by atomic mass is 35.5. The zero-order valence-corrected chi connectivity index (χ0v) is 11.6. The average Bonchev–Trinajstić information content (AvgIpc) is 2.90. The van der Waals surface area contributed by atoms with Crippen LogP contribution in [0.2, 0.25) is 5.02 Å². The van der Waals surface area contributed by atoms with Crippen LogP contribution in [0, 0.1) is 0 Å². The van der Waals surface area contributed by atoms with E-state index in [0.717, 1.165) is 11.7 Å². The number of hydrogen-bond donors (Lipinski definition) is 2. The van der Waals surface area contributed by atoms with Crippen molar-refractivity contribution in [2.24, 2.45) is 0 Å². The van der Waals surface area contributed by atoms with E-state index in [1.807, 2.05) is 0 Å². The van der Waals surface area contributed by atoms with Gasteiger partial charge in [-0.05, 0) is 24.3 Å². The molecule has 20 heavy (non-hydrogen) atoms. The van der Waals surface area contributed by atoms with Gasteiger partial charge in [-0.3, -0.25) is 9.78 Å². The number of nitrogens with two attached hydrogens (primary N) is 1. The van der Waals surface area contributed by atoms with Gasteiger partial charge in [0.1, 0.15) is 16.7 Å². The van der Waals surface area contributed by atoms with E-state index in [9.17, 15) is 4.79 Å². The number of nitrogen functional groups attached to an aromatic ring is 1. The highest BCUT2D eigenvalue weighted by molar-refractivity contribution is 7.00. The Balaban J connectivity index is 1.99. The molecule has 6 nitrogen and oxygen atoms in total. The third-order valence-electron chi connectivity index (χ3n) is 2.63. The minimum atomic E-state index is -0.403. The number of benzene rings is 1. The largest absolute Gasteiger partial charge is 0.399 e. The summed E-state index contributed by atoms with van der Waals surface area (Å²) in [5.41, 5.74) is 7.95. The second-order valence-corrected chi connectivity index (χ2v) is 4.92. The Bertz CT molecular complexity index is 803. The summed E-state index contributed by atoms with van der Waals surface area (Å²) in [7, 11) is 0. The SMILES string of the molecule is Nc1ccnc(C(=O)Nc2c(Cl)ccc3nsnc23)c1. The first kappa shape index (κ1) is 12.8. The molecular weight excluding hydrogens is 298 g/mol. The standard InChI is InChI=1S/C12H8ClN5OS/c13-7-1-2-8-11(18-20-17-8)10(7)16-12(19)9-5-6(14)3-4-15-9/h1-5H,(H2,14,15)(H,16,19). The molecule has 2 heterocycles. The van der Waals surface area contributed by atoms with Gasteiger partial charge in [-0.1, -0.05) is 11.6 Å². The Labute approximate surface area is 122 Å². The Morgan fingerprint density at radius 3 is 2.95 bits per heavy atom. The van der Waals surface area contributed by atoms with Gasteiger partial charge >= 0.3 is 0 Å². The molecule has 0 saturated carbocycles. The summed E-state index contributed by atoms with van der Waals surface area (Å²) in [6, 6.07) is 6.50. The van der Waals surface area contributed by atoms with Crippen molar-refractivity contribution in [1.29, 1.82) is 0 Å². The zero-order chi connectivity index (χ0) is 14.1. The molecule has 0 bridgehead atoms. The molecule has 0 saturated heterocycles. The Morgan fingerprint density at radius 2 is 2.15 bits per heavy atom. The summed E-state index contributed by atoms with van der Waals surface area (Å²) < 4.78 is 8.23. The lowest BCUT2D eigenvalue weighted by Gasteiger charge is -2.07. The second-order valence-electron chi connectivity index (χ2n) is 3.98. The summed E-state index contributed by atoms with van der Waals surface area (Å²) in [6.45, 7) is 0. The highest BCUT2D eigenvalue weighted by Crippen LogP contribution is 2.30. The lowest BCUT2D eigenvalue weighted by Crippen LogP contribution is -2.14. The van der Waals surface area contributed by atoms with Crippen LogP contribution >= 0.6 is 23.3 Å². The molecule has 0 radical (unpaired) electrons. The molecule has 1 amide bonds. The summed E-state index contributed by atoms with van der Waals surface area (Å²) in [5.74, 6) is -0.403. The van der Waals surface area contributed by atoms with Gasteiger partial charge in [-0.2, -0.15) is 8.75 Å². The average molecular weight is 306 g/mol. The fourth-order valence-corrected chi connectivity index (χ4v) is 2.44. The van der Waals surface area contributed by atoms with Crippen molar-refractivity contribution in [3.8, 4) is 0 Å². The maximum Gasteiger partial charge on any atom is 0.274 e. The number of carbonyl (C=O) groups is 1. The fourth-order valence-electron chi connectivity index (χ4n) is 1.69. The van der Waals surface area contributed by atoms with Crippen LogP contribution in [0.1, 0.15) is 10.5 Å². The molecule has 3 N–H and O–H groups in total. The maximum absolute atomic E-state index is 12.2. The van der Waals surface area contributed by atoms with E-state index in [0.29, 0.717) is 27.4 Å². The molecule has 0 fully saturated rings. The Morgan fingerprint density at radius 1 is 1.30 bits per heavy atom. The number of hydrogen-bond acceptors (Lipinski definition) is 6. The highest BCUT2D eigenvalue weighted by Gasteiger charge is 2.15. The van der Waals surface area contributed by atoms with E-state index in [1.54, 1.807) is 18.2 Å². The minimum Gasteiger partial charge on any atom is -0.399 e. The van der Waals surface area contributed by atoms with Crippen molar-refractivity contribution in [1.82, 2.24) is 13.7 Å². The van der Waals surface area contributed by atoms with Gasteiger partial charge in [0.25, 0.3) is 5.91 Å². The number of halogens is 1. The summed E-state index contributed by atoms with van der Waals surface area (Å²) in [4.78, 5) is 16.1. The monoisotopic (exact) mass is 305 g/mol. The van der Waals surface area contributed by atoms with E-state index in [-0.39, 0.29) is 5.69 Å². The molecule has 1 aromatic carbocycles. The summed E-state index contributed by atoms with van der Waals surface area (Å²) in [6.07, 6.45) is 1.47. The normalized spacial score (nSPS) is 10.7. The molecule has 0 aliphatic heterocycles. The minimum absolute atomic E-state index is 0.209. The van der Waals surface area contributed by atoms with Gasteiger partial charge in [0.15, 0.2) is 0 Å². The van der Waals surface area contributed by atoms with Crippen molar-refractivity contribution in [2.45, 2.75) is 0 Å². The number of carbonyl (C=O) groups excluding carboxylic acids is 1. The smallest absolute Gasteiger partial charge is 0.274 e. The van der Waals surface area contributed by atoms with Crippen LogP contribution in [-0.2, 0) is 0 Å². The lowest BCUT2D eigenvalue weighted by molar-refractivity contribution is 0.102. The van der Waals surface area contributed by atoms with Crippen LogP contribution in [0.4, 0.5) is 11.4 Å². The molecular formula is C12H8ClN5OS. The van der Waals surface area contributed by atoms with Gasteiger partial charge in [0.05, 0.1) is 22.4 Å². The van der Waals surface area contributed by atoms with Crippen LogP contribution in [0.5, 0.6) is 0 Å². The predicted molar refractivity (Wildman–Crippen MR) is 79.0 cm³/mol.